The Morgan fingerprint density at radius 1 is 1.13 bits per heavy atom. The molecule has 0 aromatic heterocycles. The van der Waals surface area contributed by atoms with Crippen molar-refractivity contribution in [1.82, 2.24) is 5.32 Å². The summed E-state index contributed by atoms with van der Waals surface area (Å²) in [5, 5.41) is 5.39. The number of alkyl carbamates (subject to hydrolysis) is 1. The summed E-state index contributed by atoms with van der Waals surface area (Å²) in [6.45, 7) is -0.262. The van der Waals surface area contributed by atoms with Crippen LogP contribution in [0.4, 0.5) is 19.3 Å². The van der Waals surface area contributed by atoms with Gasteiger partial charge in [0.1, 0.15) is 6.04 Å². The van der Waals surface area contributed by atoms with Crippen molar-refractivity contribution in [3.05, 3.63) is 65.7 Å². The van der Waals surface area contributed by atoms with Crippen LogP contribution in [0.5, 0.6) is 0 Å². The number of cyclic esters (lactones) is 1. The van der Waals surface area contributed by atoms with Crippen molar-refractivity contribution < 1.29 is 18.3 Å². The fourth-order valence-electron chi connectivity index (χ4n) is 2.43. The maximum absolute atomic E-state index is 13.8. The molecule has 3 rings (SSSR count). The van der Waals surface area contributed by atoms with Gasteiger partial charge >= 0.3 is 12.0 Å². The third-order valence-corrected chi connectivity index (χ3v) is 3.66. The molecule has 2 N–H and O–H groups in total. The Hall–Kier alpha value is -2.63. The van der Waals surface area contributed by atoms with Gasteiger partial charge in [0.2, 0.25) is 0 Å². The smallest absolute Gasteiger partial charge is 0.408 e. The molecule has 2 aromatic carbocycles. The van der Waals surface area contributed by atoms with Crippen LogP contribution in [-0.4, -0.2) is 18.6 Å². The number of nitrogens with one attached hydrogen (secondary N) is 2. The summed E-state index contributed by atoms with van der Waals surface area (Å²) in [5.41, 5.74) is 2.29. The zero-order valence-electron chi connectivity index (χ0n) is 12.3. The van der Waals surface area contributed by atoms with Crippen LogP contribution in [0.25, 0.3) is 0 Å². The number of hydrogen-bond donors (Lipinski definition) is 2. The van der Waals surface area contributed by atoms with Gasteiger partial charge in [-0.05, 0) is 23.3 Å². The molecule has 1 heterocycles. The van der Waals surface area contributed by atoms with Crippen molar-refractivity contribution >= 4 is 11.8 Å². The minimum Gasteiger partial charge on any atom is -0.443 e. The Kier molecular flexibility index (Phi) is 4.14. The van der Waals surface area contributed by atoms with Gasteiger partial charge in [-0.1, -0.05) is 42.5 Å². The molecule has 23 heavy (non-hydrogen) atoms. The first kappa shape index (κ1) is 15.3. The molecular formula is C17H16F2N2O2. The lowest BCUT2D eigenvalue weighted by atomic mass is 10.00. The summed E-state index contributed by atoms with van der Waals surface area (Å²) in [6, 6.07) is 15.1. The second kappa shape index (κ2) is 6.24. The number of carbonyl (C=O) groups excluding carboxylic acids is 1. The summed E-state index contributed by atoms with van der Waals surface area (Å²) >= 11 is 0. The van der Waals surface area contributed by atoms with Gasteiger partial charge in [0.25, 0.3) is 0 Å². The average Bonchev–Trinajstić information content (AvgIpc) is 2.57. The van der Waals surface area contributed by atoms with Crippen LogP contribution in [0.15, 0.2) is 54.6 Å². The van der Waals surface area contributed by atoms with Crippen molar-refractivity contribution in [1.29, 1.82) is 0 Å². The number of benzene rings is 2. The summed E-state index contributed by atoms with van der Waals surface area (Å²) in [7, 11) is 0. The second-order valence-electron chi connectivity index (χ2n) is 5.38. The molecule has 0 bridgehead atoms. The lowest BCUT2D eigenvalue weighted by Crippen LogP contribution is -2.49. The lowest BCUT2D eigenvalue weighted by molar-refractivity contribution is -0.104. The molecule has 4 nitrogen and oxygen atoms in total. The molecule has 0 saturated carbocycles. The molecule has 0 aliphatic carbocycles. The molecule has 1 aliphatic heterocycles. The Morgan fingerprint density at radius 2 is 1.83 bits per heavy atom. The molecule has 1 atom stereocenters. The number of halogens is 2. The Bertz CT molecular complexity index is 675. The van der Waals surface area contributed by atoms with E-state index < -0.39 is 24.7 Å². The highest BCUT2D eigenvalue weighted by atomic mass is 19.3. The quantitative estimate of drug-likeness (QED) is 0.903. The standard InChI is InChI=1S/C17H16F2N2O2/c18-17(19)11-23-16(22)21-15(17)13-6-8-14(9-7-13)20-10-12-4-2-1-3-5-12/h1-9,15,20H,10-11H2,(H,21,22)/t15-/m1/s1. The van der Waals surface area contributed by atoms with Gasteiger partial charge in [0.05, 0.1) is 0 Å². The van der Waals surface area contributed by atoms with Crippen molar-refractivity contribution in [2.45, 2.75) is 18.5 Å². The van der Waals surface area contributed by atoms with Gasteiger partial charge in [-0.25, -0.2) is 13.6 Å². The maximum Gasteiger partial charge on any atom is 0.408 e. The van der Waals surface area contributed by atoms with E-state index in [2.05, 4.69) is 15.4 Å². The van der Waals surface area contributed by atoms with Gasteiger partial charge in [-0.2, -0.15) is 0 Å². The van der Waals surface area contributed by atoms with Crippen LogP contribution < -0.4 is 10.6 Å². The zero-order valence-corrected chi connectivity index (χ0v) is 12.3. The molecule has 0 unspecified atom stereocenters. The van der Waals surface area contributed by atoms with E-state index in [0.29, 0.717) is 12.1 Å². The molecule has 6 heteroatoms. The van der Waals surface area contributed by atoms with Gasteiger partial charge < -0.3 is 15.4 Å². The largest absolute Gasteiger partial charge is 0.443 e. The van der Waals surface area contributed by atoms with E-state index in [1.807, 2.05) is 30.3 Å². The summed E-state index contributed by atoms with van der Waals surface area (Å²) < 4.78 is 32.0. The van der Waals surface area contributed by atoms with E-state index >= 15 is 0 Å². The SMILES string of the molecule is O=C1N[C@H](c2ccc(NCc3ccccc3)cc2)C(F)(F)CO1. The molecule has 2 aromatic rings. The number of alkyl halides is 2. The Balaban J connectivity index is 1.68. The first-order valence-corrected chi connectivity index (χ1v) is 7.23. The van der Waals surface area contributed by atoms with E-state index in [-0.39, 0.29) is 0 Å². The normalized spacial score (nSPS) is 19.6. The van der Waals surface area contributed by atoms with Crippen molar-refractivity contribution in [2.24, 2.45) is 0 Å². The molecule has 1 amide bonds. The molecule has 1 aliphatic rings. The lowest BCUT2D eigenvalue weighted by Gasteiger charge is -2.31. The van der Waals surface area contributed by atoms with Crippen LogP contribution in [0.2, 0.25) is 0 Å². The van der Waals surface area contributed by atoms with E-state index in [4.69, 9.17) is 0 Å². The first-order valence-electron chi connectivity index (χ1n) is 7.23. The third-order valence-electron chi connectivity index (χ3n) is 3.66. The van der Waals surface area contributed by atoms with Crippen LogP contribution >= 0.6 is 0 Å². The van der Waals surface area contributed by atoms with Gasteiger partial charge in [0, 0.05) is 12.2 Å². The zero-order chi connectivity index (χ0) is 16.3. The highest BCUT2D eigenvalue weighted by molar-refractivity contribution is 5.69. The Labute approximate surface area is 132 Å². The number of ether oxygens (including phenoxy) is 1. The molecule has 1 saturated heterocycles. The maximum atomic E-state index is 13.8. The fourth-order valence-corrected chi connectivity index (χ4v) is 2.43. The monoisotopic (exact) mass is 318 g/mol. The van der Waals surface area contributed by atoms with Crippen molar-refractivity contribution in [3.63, 3.8) is 0 Å². The number of hydrogen-bond acceptors (Lipinski definition) is 3. The Morgan fingerprint density at radius 3 is 2.52 bits per heavy atom. The van der Waals surface area contributed by atoms with E-state index in [0.717, 1.165) is 11.3 Å². The number of amides is 1. The predicted octanol–water partition coefficient (Wildman–Crippen LogP) is 3.71. The molecule has 0 radical (unpaired) electrons. The van der Waals surface area contributed by atoms with Crippen molar-refractivity contribution in [3.8, 4) is 0 Å². The van der Waals surface area contributed by atoms with Gasteiger partial charge in [-0.3, -0.25) is 0 Å². The summed E-state index contributed by atoms with van der Waals surface area (Å²) in [5.74, 6) is -3.13. The molecule has 120 valence electrons. The predicted molar refractivity (Wildman–Crippen MR) is 82.4 cm³/mol. The van der Waals surface area contributed by atoms with E-state index in [9.17, 15) is 13.6 Å². The van der Waals surface area contributed by atoms with Gasteiger partial charge in [-0.15, -0.1) is 0 Å². The second-order valence-corrected chi connectivity index (χ2v) is 5.38. The van der Waals surface area contributed by atoms with Crippen molar-refractivity contribution in [2.75, 3.05) is 11.9 Å². The fraction of sp³-hybridized carbons (Fsp3) is 0.235. The number of anilines is 1. The molecule has 0 spiro atoms. The van der Waals surface area contributed by atoms with E-state index in [1.165, 1.54) is 0 Å². The molecular weight excluding hydrogens is 302 g/mol. The number of rotatable bonds is 4. The van der Waals surface area contributed by atoms with Crippen LogP contribution in [0, 0.1) is 0 Å². The topological polar surface area (TPSA) is 50.4 Å². The van der Waals surface area contributed by atoms with Gasteiger partial charge in [0.15, 0.2) is 6.61 Å². The van der Waals surface area contributed by atoms with Crippen LogP contribution in [0.3, 0.4) is 0 Å². The highest BCUT2D eigenvalue weighted by Gasteiger charge is 2.46. The number of carbonyl (C=O) groups is 1. The third kappa shape index (κ3) is 3.59. The minimum absolute atomic E-state index is 0.344. The molecule has 1 fully saturated rings. The van der Waals surface area contributed by atoms with E-state index in [1.54, 1.807) is 24.3 Å². The van der Waals surface area contributed by atoms with Crippen LogP contribution in [0.1, 0.15) is 17.2 Å². The van der Waals surface area contributed by atoms with Crippen LogP contribution in [-0.2, 0) is 11.3 Å². The first-order chi connectivity index (χ1) is 11.0. The highest BCUT2D eigenvalue weighted by Crippen LogP contribution is 2.34. The summed E-state index contributed by atoms with van der Waals surface area (Å²) in [4.78, 5) is 11.2. The summed E-state index contributed by atoms with van der Waals surface area (Å²) in [6.07, 6.45) is -0.827. The average molecular weight is 318 g/mol. The minimum atomic E-state index is -3.13.